The molecule has 0 fully saturated rings. The van der Waals surface area contributed by atoms with Crippen LogP contribution in [-0.2, 0) is 9.53 Å². The molecule has 0 amide bonds. The maximum absolute atomic E-state index is 11.3. The second-order valence-corrected chi connectivity index (χ2v) is 4.64. The Labute approximate surface area is 98.6 Å². The van der Waals surface area contributed by atoms with Crippen molar-refractivity contribution in [3.05, 3.63) is 0 Å². The molecule has 0 saturated heterocycles. The molecule has 0 radical (unpaired) electrons. The molecule has 4 heteroatoms. The number of carbonyl (C=O) groups is 1. The van der Waals surface area contributed by atoms with Crippen molar-refractivity contribution in [3.63, 3.8) is 0 Å². The first-order valence-electron chi connectivity index (χ1n) is 5.99. The molecule has 0 atom stereocenters. The first-order chi connectivity index (χ1) is 7.39. The third-order valence-electron chi connectivity index (χ3n) is 2.24. The summed E-state index contributed by atoms with van der Waals surface area (Å²) in [7, 11) is 0. The number of rotatable bonds is 8. The molecule has 0 spiro atoms. The van der Waals surface area contributed by atoms with Crippen LogP contribution >= 0.6 is 0 Å². The number of nitrogens with zero attached hydrogens (tertiary/aromatic N) is 1. The zero-order chi connectivity index (χ0) is 12.6. The fraction of sp³-hybridized carbons (Fsp3) is 0.917. The van der Waals surface area contributed by atoms with Gasteiger partial charge in [0, 0.05) is 6.54 Å². The van der Waals surface area contributed by atoms with Gasteiger partial charge in [0.15, 0.2) is 0 Å². The lowest BCUT2D eigenvalue weighted by atomic mass is 10.1. The number of esters is 1. The molecule has 96 valence electrons. The van der Waals surface area contributed by atoms with E-state index in [-0.39, 0.29) is 5.97 Å². The lowest BCUT2D eigenvalue weighted by molar-refractivity contribution is -0.144. The molecule has 0 aromatic rings. The van der Waals surface area contributed by atoms with E-state index in [0.717, 1.165) is 19.5 Å². The molecule has 0 rings (SSSR count). The standard InChI is InChI=1S/C12H25NO3/c1-5-8-13(9-7-12(3,4)15)10-11(14)16-6-2/h15H,5-10H2,1-4H3. The minimum atomic E-state index is -0.680. The Hall–Kier alpha value is -0.610. The highest BCUT2D eigenvalue weighted by molar-refractivity contribution is 5.71. The van der Waals surface area contributed by atoms with E-state index in [1.54, 1.807) is 20.8 Å². The fourth-order valence-corrected chi connectivity index (χ4v) is 1.41. The average molecular weight is 231 g/mol. The summed E-state index contributed by atoms with van der Waals surface area (Å²) < 4.78 is 4.91. The van der Waals surface area contributed by atoms with Gasteiger partial charge in [-0.05, 0) is 40.2 Å². The third kappa shape index (κ3) is 8.68. The van der Waals surface area contributed by atoms with Gasteiger partial charge in [-0.2, -0.15) is 0 Å². The highest BCUT2D eigenvalue weighted by Gasteiger charge is 2.16. The molecule has 0 heterocycles. The SMILES string of the molecule is CCCN(CCC(C)(C)O)CC(=O)OCC. The van der Waals surface area contributed by atoms with Crippen molar-refractivity contribution in [1.29, 1.82) is 0 Å². The van der Waals surface area contributed by atoms with Crippen molar-refractivity contribution in [2.45, 2.75) is 46.1 Å². The van der Waals surface area contributed by atoms with Crippen molar-refractivity contribution in [2.24, 2.45) is 0 Å². The Morgan fingerprint density at radius 3 is 2.38 bits per heavy atom. The topological polar surface area (TPSA) is 49.8 Å². The summed E-state index contributed by atoms with van der Waals surface area (Å²) in [6.07, 6.45) is 1.65. The molecular formula is C12H25NO3. The Kier molecular flexibility index (Phi) is 7.34. The van der Waals surface area contributed by atoms with Crippen LogP contribution in [0.1, 0.15) is 40.5 Å². The Morgan fingerprint density at radius 1 is 1.31 bits per heavy atom. The first kappa shape index (κ1) is 15.4. The molecule has 0 aromatic heterocycles. The van der Waals surface area contributed by atoms with Crippen molar-refractivity contribution < 1.29 is 14.6 Å². The van der Waals surface area contributed by atoms with E-state index in [1.807, 2.05) is 4.90 Å². The quantitative estimate of drug-likeness (QED) is 0.642. The van der Waals surface area contributed by atoms with Crippen LogP contribution in [0, 0.1) is 0 Å². The highest BCUT2D eigenvalue weighted by Crippen LogP contribution is 2.08. The maximum Gasteiger partial charge on any atom is 0.320 e. The van der Waals surface area contributed by atoms with Crippen LogP contribution in [0.4, 0.5) is 0 Å². The summed E-state index contributed by atoms with van der Waals surface area (Å²) >= 11 is 0. The van der Waals surface area contributed by atoms with Crippen molar-refractivity contribution >= 4 is 5.97 Å². The number of aliphatic hydroxyl groups is 1. The fourth-order valence-electron chi connectivity index (χ4n) is 1.41. The summed E-state index contributed by atoms with van der Waals surface area (Å²) in [5.74, 6) is -0.188. The van der Waals surface area contributed by atoms with Gasteiger partial charge in [0.2, 0.25) is 0 Å². The van der Waals surface area contributed by atoms with E-state index in [4.69, 9.17) is 4.74 Å². The lowest BCUT2D eigenvalue weighted by Crippen LogP contribution is -2.36. The van der Waals surface area contributed by atoms with Gasteiger partial charge in [-0.25, -0.2) is 0 Å². The van der Waals surface area contributed by atoms with E-state index in [9.17, 15) is 9.90 Å². The third-order valence-corrected chi connectivity index (χ3v) is 2.24. The van der Waals surface area contributed by atoms with Crippen LogP contribution in [0.15, 0.2) is 0 Å². The van der Waals surface area contributed by atoms with E-state index in [0.29, 0.717) is 19.6 Å². The Morgan fingerprint density at radius 2 is 1.94 bits per heavy atom. The number of ether oxygens (including phenoxy) is 1. The highest BCUT2D eigenvalue weighted by atomic mass is 16.5. The average Bonchev–Trinajstić information content (AvgIpc) is 2.14. The molecule has 0 aliphatic heterocycles. The molecule has 0 unspecified atom stereocenters. The Balaban J connectivity index is 4.01. The number of carbonyl (C=O) groups excluding carboxylic acids is 1. The van der Waals surface area contributed by atoms with Gasteiger partial charge in [0.25, 0.3) is 0 Å². The van der Waals surface area contributed by atoms with E-state index >= 15 is 0 Å². The number of hydrogen-bond acceptors (Lipinski definition) is 4. The molecular weight excluding hydrogens is 206 g/mol. The predicted molar refractivity (Wildman–Crippen MR) is 64.3 cm³/mol. The second-order valence-electron chi connectivity index (χ2n) is 4.64. The second kappa shape index (κ2) is 7.63. The van der Waals surface area contributed by atoms with Crippen molar-refractivity contribution in [1.82, 2.24) is 4.90 Å². The largest absolute Gasteiger partial charge is 0.465 e. The minimum Gasteiger partial charge on any atom is -0.465 e. The van der Waals surface area contributed by atoms with Gasteiger partial charge in [-0.15, -0.1) is 0 Å². The maximum atomic E-state index is 11.3. The van der Waals surface area contributed by atoms with Gasteiger partial charge in [0.1, 0.15) is 0 Å². The zero-order valence-corrected chi connectivity index (χ0v) is 11.0. The number of hydrogen-bond donors (Lipinski definition) is 1. The molecule has 1 N–H and O–H groups in total. The summed E-state index contributed by atoms with van der Waals surface area (Å²) in [5, 5.41) is 9.63. The van der Waals surface area contributed by atoms with Crippen LogP contribution in [0.2, 0.25) is 0 Å². The van der Waals surface area contributed by atoms with E-state index in [1.165, 1.54) is 0 Å². The van der Waals surface area contributed by atoms with Crippen LogP contribution < -0.4 is 0 Å². The zero-order valence-electron chi connectivity index (χ0n) is 11.0. The van der Waals surface area contributed by atoms with Crippen LogP contribution in [-0.4, -0.2) is 47.8 Å². The summed E-state index contributed by atoms with van der Waals surface area (Å²) in [6.45, 7) is 9.75. The summed E-state index contributed by atoms with van der Waals surface area (Å²) in [5.41, 5.74) is -0.680. The molecule has 0 bridgehead atoms. The molecule has 0 aliphatic carbocycles. The minimum absolute atomic E-state index is 0.188. The van der Waals surface area contributed by atoms with Gasteiger partial charge in [0.05, 0.1) is 18.8 Å². The smallest absolute Gasteiger partial charge is 0.320 e. The normalized spacial score (nSPS) is 11.9. The van der Waals surface area contributed by atoms with Crippen LogP contribution in [0.3, 0.4) is 0 Å². The molecule has 0 aromatic carbocycles. The lowest BCUT2D eigenvalue weighted by Gasteiger charge is -2.24. The molecule has 0 saturated carbocycles. The molecule has 16 heavy (non-hydrogen) atoms. The summed E-state index contributed by atoms with van der Waals surface area (Å²) in [4.78, 5) is 13.4. The Bertz CT molecular complexity index is 199. The predicted octanol–water partition coefficient (Wildman–Crippen LogP) is 1.42. The van der Waals surface area contributed by atoms with Gasteiger partial charge in [-0.3, -0.25) is 9.69 Å². The first-order valence-corrected chi connectivity index (χ1v) is 5.99. The summed E-state index contributed by atoms with van der Waals surface area (Å²) in [6, 6.07) is 0. The van der Waals surface area contributed by atoms with Gasteiger partial charge in [-0.1, -0.05) is 6.92 Å². The monoisotopic (exact) mass is 231 g/mol. The molecule has 0 aliphatic rings. The van der Waals surface area contributed by atoms with Crippen molar-refractivity contribution in [3.8, 4) is 0 Å². The molecule has 4 nitrogen and oxygen atoms in total. The van der Waals surface area contributed by atoms with Crippen molar-refractivity contribution in [2.75, 3.05) is 26.2 Å². The van der Waals surface area contributed by atoms with E-state index < -0.39 is 5.60 Å². The van der Waals surface area contributed by atoms with Gasteiger partial charge < -0.3 is 9.84 Å². The van der Waals surface area contributed by atoms with Gasteiger partial charge >= 0.3 is 5.97 Å². The van der Waals surface area contributed by atoms with Crippen LogP contribution in [0.5, 0.6) is 0 Å². The van der Waals surface area contributed by atoms with Crippen LogP contribution in [0.25, 0.3) is 0 Å². The van der Waals surface area contributed by atoms with E-state index in [2.05, 4.69) is 6.92 Å².